The van der Waals surface area contributed by atoms with Crippen LogP contribution in [0.2, 0.25) is 0 Å². The number of para-hydroxylation sites is 2. The molecule has 1 atom stereocenters. The minimum absolute atomic E-state index is 0.242. The maximum Gasteiger partial charge on any atom is 0.338 e. The van der Waals surface area contributed by atoms with E-state index < -0.39 is 12.0 Å². The number of esters is 1. The summed E-state index contributed by atoms with van der Waals surface area (Å²) in [5.41, 5.74) is 2.81. The first-order valence-electron chi connectivity index (χ1n) is 12.3. The molecule has 36 heavy (non-hydrogen) atoms. The van der Waals surface area contributed by atoms with E-state index in [-0.39, 0.29) is 12.6 Å². The number of rotatable bonds is 9. The summed E-state index contributed by atoms with van der Waals surface area (Å²) in [6.07, 6.45) is 0. The van der Waals surface area contributed by atoms with Crippen molar-refractivity contribution >= 4 is 17.7 Å². The molecule has 0 saturated carbocycles. The molecule has 2 aliphatic heterocycles. The molecule has 9 nitrogen and oxygen atoms in total. The van der Waals surface area contributed by atoms with Crippen molar-refractivity contribution in [1.29, 1.82) is 0 Å². The molecule has 0 spiro atoms. The maximum atomic E-state index is 13.1. The van der Waals surface area contributed by atoms with E-state index in [2.05, 4.69) is 26.5 Å². The van der Waals surface area contributed by atoms with Crippen molar-refractivity contribution in [3.63, 3.8) is 0 Å². The van der Waals surface area contributed by atoms with E-state index in [0.29, 0.717) is 30.2 Å². The molecule has 0 aromatic heterocycles. The van der Waals surface area contributed by atoms with Crippen LogP contribution < -0.4 is 25.0 Å². The average Bonchev–Trinajstić information content (AvgIpc) is 2.89. The summed E-state index contributed by atoms with van der Waals surface area (Å²) in [7, 11) is 1.58. The zero-order chi connectivity index (χ0) is 25.5. The van der Waals surface area contributed by atoms with Crippen LogP contribution in [0.3, 0.4) is 0 Å². The fourth-order valence-electron chi connectivity index (χ4n) is 4.63. The lowest BCUT2D eigenvalue weighted by Gasteiger charge is -2.38. The molecule has 1 fully saturated rings. The summed E-state index contributed by atoms with van der Waals surface area (Å²) in [5, 5.41) is 5.75. The van der Waals surface area contributed by atoms with Gasteiger partial charge < -0.3 is 29.7 Å². The highest BCUT2D eigenvalue weighted by Crippen LogP contribution is 2.31. The van der Waals surface area contributed by atoms with E-state index in [1.54, 1.807) is 14.0 Å². The van der Waals surface area contributed by atoms with Gasteiger partial charge in [-0.2, -0.15) is 0 Å². The topological polar surface area (TPSA) is 92.4 Å². The van der Waals surface area contributed by atoms with Crippen LogP contribution >= 0.6 is 0 Å². The van der Waals surface area contributed by atoms with Crippen LogP contribution in [0.4, 0.5) is 10.5 Å². The quantitative estimate of drug-likeness (QED) is 0.518. The summed E-state index contributed by atoms with van der Waals surface area (Å²) in [6, 6.07) is 14.4. The molecule has 0 bridgehead atoms. The molecule has 192 valence electrons. The molecule has 2 amide bonds. The van der Waals surface area contributed by atoms with E-state index in [1.807, 2.05) is 49.4 Å². The Hall–Kier alpha value is -3.72. The number of anilines is 1. The molecule has 9 heteroatoms. The number of urea groups is 1. The highest BCUT2D eigenvalue weighted by Gasteiger charge is 2.35. The minimum atomic E-state index is -0.637. The van der Waals surface area contributed by atoms with Crippen LogP contribution in [0.5, 0.6) is 11.5 Å². The van der Waals surface area contributed by atoms with Crippen molar-refractivity contribution in [1.82, 2.24) is 15.5 Å². The first-order valence-corrected chi connectivity index (χ1v) is 12.3. The molecular weight excluding hydrogens is 460 g/mol. The van der Waals surface area contributed by atoms with Gasteiger partial charge in [0.05, 0.1) is 37.6 Å². The standard InChI is InChI=1S/C27H34N4O5/c1-4-35-23-12-7-6-11-22(23)31-15-13-30(14-16-31)18-21-24(26(32)36-5-2)25(29-27(33)28-21)19-9-8-10-20(17-19)34-3/h6-12,17,25H,4-5,13-16,18H2,1-3H3,(H2,28,29,33). The van der Waals surface area contributed by atoms with Crippen LogP contribution in [0, 0.1) is 0 Å². The minimum Gasteiger partial charge on any atom is -0.497 e. The lowest BCUT2D eigenvalue weighted by Crippen LogP contribution is -2.51. The molecule has 0 radical (unpaired) electrons. The van der Waals surface area contributed by atoms with Crippen LogP contribution in [0.1, 0.15) is 25.5 Å². The molecule has 2 N–H and O–H groups in total. The highest BCUT2D eigenvalue weighted by molar-refractivity contribution is 5.95. The van der Waals surface area contributed by atoms with Gasteiger partial charge in [0, 0.05) is 38.4 Å². The zero-order valence-electron chi connectivity index (χ0n) is 21.1. The number of nitrogens with zero attached hydrogens (tertiary/aromatic N) is 2. The Kier molecular flexibility index (Phi) is 8.32. The van der Waals surface area contributed by atoms with Crippen molar-refractivity contribution < 1.29 is 23.8 Å². The van der Waals surface area contributed by atoms with Gasteiger partial charge in [-0.3, -0.25) is 4.90 Å². The monoisotopic (exact) mass is 494 g/mol. The van der Waals surface area contributed by atoms with Crippen molar-refractivity contribution in [2.75, 3.05) is 57.9 Å². The average molecular weight is 495 g/mol. The molecule has 4 rings (SSSR count). The maximum absolute atomic E-state index is 13.1. The SMILES string of the molecule is CCOC(=O)C1=C(CN2CCN(c3ccccc3OCC)CC2)NC(=O)NC1c1cccc(OC)c1. The lowest BCUT2D eigenvalue weighted by atomic mass is 9.94. The van der Waals surface area contributed by atoms with E-state index in [0.717, 1.165) is 43.2 Å². The van der Waals surface area contributed by atoms with E-state index in [1.165, 1.54) is 0 Å². The van der Waals surface area contributed by atoms with Gasteiger partial charge in [0.2, 0.25) is 0 Å². The number of carbonyl (C=O) groups excluding carboxylic acids is 2. The number of hydrogen-bond donors (Lipinski definition) is 2. The van der Waals surface area contributed by atoms with Gasteiger partial charge >= 0.3 is 12.0 Å². The first-order chi connectivity index (χ1) is 17.5. The van der Waals surface area contributed by atoms with E-state index >= 15 is 0 Å². The summed E-state index contributed by atoms with van der Waals surface area (Å²) >= 11 is 0. The molecule has 0 aliphatic carbocycles. The highest BCUT2D eigenvalue weighted by atomic mass is 16.5. The number of hydrogen-bond acceptors (Lipinski definition) is 7. The number of amides is 2. The summed E-state index contributed by atoms with van der Waals surface area (Å²) in [6.45, 7) is 8.19. The van der Waals surface area contributed by atoms with Crippen molar-refractivity contribution in [3.05, 3.63) is 65.4 Å². The van der Waals surface area contributed by atoms with E-state index in [9.17, 15) is 9.59 Å². The summed E-state index contributed by atoms with van der Waals surface area (Å²) in [5.74, 6) is 1.08. The Morgan fingerprint density at radius 3 is 2.53 bits per heavy atom. The van der Waals surface area contributed by atoms with Crippen LogP contribution in [-0.2, 0) is 9.53 Å². The molecule has 1 saturated heterocycles. The Bertz CT molecular complexity index is 1110. The second-order valence-electron chi connectivity index (χ2n) is 8.58. The van der Waals surface area contributed by atoms with Crippen LogP contribution in [0.25, 0.3) is 0 Å². The zero-order valence-corrected chi connectivity index (χ0v) is 21.1. The van der Waals surface area contributed by atoms with Gasteiger partial charge in [-0.05, 0) is 43.7 Å². The summed E-state index contributed by atoms with van der Waals surface area (Å²) < 4.78 is 16.6. The number of benzene rings is 2. The second-order valence-corrected chi connectivity index (χ2v) is 8.58. The summed E-state index contributed by atoms with van der Waals surface area (Å²) in [4.78, 5) is 30.3. The van der Waals surface area contributed by atoms with Crippen LogP contribution in [-0.4, -0.2) is 69.9 Å². The van der Waals surface area contributed by atoms with Crippen LogP contribution in [0.15, 0.2) is 59.8 Å². The fourth-order valence-corrected chi connectivity index (χ4v) is 4.63. The van der Waals surface area contributed by atoms with Gasteiger partial charge in [-0.1, -0.05) is 24.3 Å². The predicted molar refractivity (Wildman–Crippen MR) is 137 cm³/mol. The number of piperazine rings is 1. The molecular formula is C27H34N4O5. The molecule has 2 aliphatic rings. The third-order valence-electron chi connectivity index (χ3n) is 6.34. The first kappa shape index (κ1) is 25.4. The number of nitrogens with one attached hydrogen (secondary N) is 2. The second kappa shape index (κ2) is 11.8. The number of methoxy groups -OCH3 is 1. The Labute approximate surface area is 212 Å². The third kappa shape index (κ3) is 5.73. The Balaban J connectivity index is 1.55. The normalized spacial score (nSPS) is 18.4. The Morgan fingerprint density at radius 2 is 1.81 bits per heavy atom. The van der Waals surface area contributed by atoms with Gasteiger partial charge in [0.1, 0.15) is 11.5 Å². The third-order valence-corrected chi connectivity index (χ3v) is 6.34. The fraction of sp³-hybridized carbons (Fsp3) is 0.407. The van der Waals surface area contributed by atoms with Gasteiger partial charge in [-0.15, -0.1) is 0 Å². The van der Waals surface area contributed by atoms with Gasteiger partial charge in [-0.25, -0.2) is 9.59 Å². The van der Waals surface area contributed by atoms with Crippen molar-refractivity contribution in [3.8, 4) is 11.5 Å². The molecule has 2 aromatic carbocycles. The number of ether oxygens (including phenoxy) is 3. The number of carbonyl (C=O) groups is 2. The molecule has 2 heterocycles. The van der Waals surface area contributed by atoms with Crippen molar-refractivity contribution in [2.45, 2.75) is 19.9 Å². The predicted octanol–water partition coefficient (Wildman–Crippen LogP) is 3.09. The van der Waals surface area contributed by atoms with E-state index in [4.69, 9.17) is 14.2 Å². The van der Waals surface area contributed by atoms with Gasteiger partial charge in [0.25, 0.3) is 0 Å². The largest absolute Gasteiger partial charge is 0.497 e. The smallest absolute Gasteiger partial charge is 0.338 e. The lowest BCUT2D eigenvalue weighted by molar-refractivity contribution is -0.139. The molecule has 2 aromatic rings. The molecule has 1 unspecified atom stereocenters. The Morgan fingerprint density at radius 1 is 1.03 bits per heavy atom. The van der Waals surface area contributed by atoms with Crippen molar-refractivity contribution in [2.24, 2.45) is 0 Å². The van der Waals surface area contributed by atoms with Gasteiger partial charge in [0.15, 0.2) is 0 Å².